The number of fused-ring (bicyclic) bond motifs is 9. The van der Waals surface area contributed by atoms with Crippen molar-refractivity contribution in [3.05, 3.63) is 389 Å². The van der Waals surface area contributed by atoms with E-state index in [1.165, 1.54) is 71.6 Å². The van der Waals surface area contributed by atoms with Crippen molar-refractivity contribution in [1.29, 1.82) is 0 Å². The van der Waals surface area contributed by atoms with Crippen molar-refractivity contribution >= 4 is 35.5 Å². The molecule has 19 rings (SSSR count). The van der Waals surface area contributed by atoms with E-state index in [4.69, 9.17) is 0 Å². The van der Waals surface area contributed by atoms with Gasteiger partial charge >= 0.3 is 0 Å². The summed E-state index contributed by atoms with van der Waals surface area (Å²) in [6.07, 6.45) is 79.1. The summed E-state index contributed by atoms with van der Waals surface area (Å²) in [5, 5.41) is 2.95. The van der Waals surface area contributed by atoms with Gasteiger partial charge in [-0.25, -0.2) is 17.6 Å². The fourth-order valence-corrected chi connectivity index (χ4v) is 29.7. The molecule has 15 unspecified atom stereocenters. The second-order valence-corrected chi connectivity index (χ2v) is 37.5. The number of hydrogen-bond acceptors (Lipinski definition) is 2. The van der Waals surface area contributed by atoms with Crippen LogP contribution in [0.15, 0.2) is 362 Å². The number of hydrogen-bond donors (Lipinski definition) is 0. The maximum atomic E-state index is 15.8. The molecular weight excluding hydrogens is 1360 g/mol. The molecule has 0 saturated carbocycles. The lowest BCUT2D eigenvalue weighted by Crippen LogP contribution is -2.62. The van der Waals surface area contributed by atoms with Gasteiger partial charge in [0.2, 0.25) is 0 Å². The molecule has 7 heteroatoms. The highest BCUT2D eigenvalue weighted by atomic mass is 28.3. The van der Waals surface area contributed by atoms with E-state index in [9.17, 15) is 0 Å². The van der Waals surface area contributed by atoms with Crippen molar-refractivity contribution in [2.75, 3.05) is 9.80 Å². The van der Waals surface area contributed by atoms with E-state index in [2.05, 4.69) is 266 Å². The van der Waals surface area contributed by atoms with Crippen molar-refractivity contribution in [2.45, 2.75) is 143 Å². The standard InChI is InChI=1S/C102H96F4N2Si/c1-3-67-23-27-69(28-24-67)71-31-35-73(36-32-71)101(75-39-43-77(103)44-40-75)95-21-13-11-19-89(95)91-59-55-85(65-97(91)101)107(81-51-47-79(105)48-52-81)83-57-61-99-93(63-83)94-64-84(58-62-100(94)109(99,87-15-7-5-8-16-87)88-17-9-6-10-18-88)108(82-53-49-80(106)50-54-82)86-56-60-92-90-20-12-14-22-96(90)102(98(92)66-86,76-41-45-78(104)46-42-76)74-37-33-72(34-38-74)70-29-25-68(4-2)26-30-70/h3-9,11-16,19-23,25,27-33,35,37-38,41,43,45-47,49,53,55-68,72-73,75-76,81,88,90,93,96,99H,1-2,10,17-18,24,26,34,36,39-40,42,44,48,50-52,54H2. The van der Waals surface area contributed by atoms with Gasteiger partial charge in [0.25, 0.3) is 0 Å². The lowest BCUT2D eigenvalue weighted by atomic mass is 9.56. The number of rotatable bonds is 16. The van der Waals surface area contributed by atoms with Crippen LogP contribution in [0.4, 0.5) is 34.6 Å². The Kier molecular flexibility index (Phi) is 18.2. The Labute approximate surface area is 643 Å². The molecule has 0 amide bonds. The predicted octanol–water partition coefficient (Wildman–Crippen LogP) is 25.7. The third-order valence-corrected chi connectivity index (χ3v) is 34.1. The molecule has 546 valence electrons. The highest BCUT2D eigenvalue weighted by molar-refractivity contribution is 7.06. The second kappa shape index (κ2) is 28.6. The van der Waals surface area contributed by atoms with E-state index in [-0.39, 0.29) is 76.3 Å². The summed E-state index contributed by atoms with van der Waals surface area (Å²) in [7, 11) is -2.80. The Morgan fingerprint density at radius 3 is 1.94 bits per heavy atom. The molecule has 0 saturated heterocycles. The van der Waals surface area contributed by atoms with Crippen LogP contribution in [0.5, 0.6) is 0 Å². The zero-order valence-electron chi connectivity index (χ0n) is 62.3. The molecule has 0 spiro atoms. The monoisotopic (exact) mass is 1450 g/mol. The van der Waals surface area contributed by atoms with Gasteiger partial charge in [0.05, 0.1) is 11.7 Å². The van der Waals surface area contributed by atoms with Crippen molar-refractivity contribution in [3.63, 3.8) is 0 Å². The van der Waals surface area contributed by atoms with E-state index in [1.54, 1.807) is 18.2 Å². The first-order valence-corrected chi connectivity index (χ1v) is 42.9. The predicted molar refractivity (Wildman–Crippen MR) is 446 cm³/mol. The van der Waals surface area contributed by atoms with Crippen LogP contribution in [0.1, 0.15) is 142 Å². The number of benzene rings is 5. The van der Waals surface area contributed by atoms with E-state index < -0.39 is 18.9 Å². The minimum absolute atomic E-state index is 0.0119. The molecule has 0 fully saturated rings. The molecule has 1 aliphatic heterocycles. The van der Waals surface area contributed by atoms with Crippen LogP contribution in [0.25, 0.3) is 11.1 Å². The van der Waals surface area contributed by atoms with Crippen molar-refractivity contribution < 1.29 is 17.6 Å². The summed E-state index contributed by atoms with van der Waals surface area (Å²) in [4.78, 5) is 5.07. The number of anilines is 3. The van der Waals surface area contributed by atoms with Crippen LogP contribution < -0.4 is 20.2 Å². The highest BCUT2D eigenvalue weighted by Crippen LogP contribution is 2.66. The molecule has 1 heterocycles. The molecule has 15 atom stereocenters. The van der Waals surface area contributed by atoms with Crippen LogP contribution in [-0.2, 0) is 10.8 Å². The summed E-state index contributed by atoms with van der Waals surface area (Å²) >= 11 is 0. The first-order chi connectivity index (χ1) is 53.5. The Bertz CT molecular complexity index is 5210. The quantitative estimate of drug-likeness (QED) is 0.0552. The van der Waals surface area contributed by atoms with Gasteiger partial charge in [-0.3, -0.25) is 0 Å². The molecule has 0 bridgehead atoms. The average Bonchev–Trinajstić information content (AvgIpc) is 1.55. The largest absolute Gasteiger partial charge is 0.338 e. The van der Waals surface area contributed by atoms with Crippen LogP contribution in [-0.4, -0.2) is 14.1 Å². The van der Waals surface area contributed by atoms with E-state index in [1.807, 2.05) is 30.4 Å². The van der Waals surface area contributed by atoms with Gasteiger partial charge in [-0.15, -0.1) is 13.2 Å². The van der Waals surface area contributed by atoms with Crippen molar-refractivity contribution in [3.8, 4) is 11.1 Å². The Balaban J connectivity index is 0.773. The Morgan fingerprint density at radius 2 is 1.22 bits per heavy atom. The third kappa shape index (κ3) is 11.6. The minimum atomic E-state index is -2.80. The minimum Gasteiger partial charge on any atom is -0.338 e. The molecule has 14 aliphatic rings. The lowest BCUT2D eigenvalue weighted by Gasteiger charge is -2.47. The molecule has 0 radical (unpaired) electrons. The summed E-state index contributed by atoms with van der Waals surface area (Å²) in [5.41, 5.74) is 19.1. The number of allylic oxidation sites excluding steroid dienone is 38. The molecule has 13 aliphatic carbocycles. The smallest absolute Gasteiger partial charge is 0.129 e. The van der Waals surface area contributed by atoms with Crippen LogP contribution in [0, 0.1) is 41.4 Å². The number of nitrogens with zero attached hydrogens (tertiary/aromatic N) is 2. The van der Waals surface area contributed by atoms with Gasteiger partial charge < -0.3 is 9.80 Å². The first kappa shape index (κ1) is 69.6. The SMILES string of the molecule is C=CC1C=CC(C2=CCC(C3(C4CC=C(F)CC4)c4ccccc4-c4ccc(N(C5=CC6c7cc(N(C8=CC=C(F)CC8)c8ccc9c(c8)C(C8=CCC(C%10=CCC(C=C)C=C%10)C=C8)(C8C=CC(F)=CC8)C8C=CC=CC98)ccc7[Si](c7ccccc7)(C7CC=CCC7)C6C=C5)C5CC=C(F)CC5)cc43)C=C2)=CC1. The highest BCUT2D eigenvalue weighted by Gasteiger charge is 2.60. The molecule has 109 heavy (non-hydrogen) atoms. The zero-order chi connectivity index (χ0) is 73.5. The van der Waals surface area contributed by atoms with Crippen molar-refractivity contribution in [2.24, 2.45) is 41.4 Å². The fraction of sp³-hybridized carbons (Fsp3) is 0.294. The third-order valence-electron chi connectivity index (χ3n) is 28.0. The van der Waals surface area contributed by atoms with Gasteiger partial charge in [-0.05, 0) is 264 Å². The van der Waals surface area contributed by atoms with Gasteiger partial charge in [-0.2, -0.15) is 0 Å². The summed E-state index contributed by atoms with van der Waals surface area (Å²) < 4.78 is 62.7. The maximum Gasteiger partial charge on any atom is 0.129 e. The summed E-state index contributed by atoms with van der Waals surface area (Å²) in [6.45, 7) is 8.17. The van der Waals surface area contributed by atoms with E-state index in [0.717, 1.165) is 79.8 Å². The molecule has 5 aromatic carbocycles. The molecule has 0 N–H and O–H groups in total. The first-order valence-electron chi connectivity index (χ1n) is 40.7. The molecule has 0 aromatic heterocycles. The molecule has 5 aromatic rings. The zero-order valence-corrected chi connectivity index (χ0v) is 63.3. The normalized spacial score (nSPS) is 32.0. The summed E-state index contributed by atoms with van der Waals surface area (Å²) in [6, 6.07) is 42.6. The van der Waals surface area contributed by atoms with Gasteiger partial charge in [-0.1, -0.05) is 230 Å². The second-order valence-electron chi connectivity index (χ2n) is 33.1. The Hall–Kier alpha value is -9.82. The van der Waals surface area contributed by atoms with Crippen molar-refractivity contribution in [1.82, 2.24) is 0 Å². The average molecular weight is 1450 g/mol. The van der Waals surface area contributed by atoms with Crippen LogP contribution >= 0.6 is 0 Å². The maximum absolute atomic E-state index is 15.8. The number of halogens is 4. The summed E-state index contributed by atoms with van der Waals surface area (Å²) in [5.74, 6) is 0.880. The van der Waals surface area contributed by atoms with Gasteiger partial charge in [0.15, 0.2) is 0 Å². The van der Waals surface area contributed by atoms with E-state index >= 15 is 17.6 Å². The lowest BCUT2D eigenvalue weighted by molar-refractivity contribution is 0.226. The topological polar surface area (TPSA) is 6.48 Å². The van der Waals surface area contributed by atoms with Crippen LogP contribution in [0.2, 0.25) is 11.1 Å². The van der Waals surface area contributed by atoms with Crippen LogP contribution in [0.3, 0.4) is 0 Å². The molecule has 2 nitrogen and oxygen atoms in total. The Morgan fingerprint density at radius 1 is 0.486 bits per heavy atom. The van der Waals surface area contributed by atoms with Gasteiger partial charge in [0.1, 0.15) is 19.7 Å². The van der Waals surface area contributed by atoms with Gasteiger partial charge in [0, 0.05) is 81.8 Å². The fourth-order valence-electron chi connectivity index (χ4n) is 23.0. The van der Waals surface area contributed by atoms with E-state index in [0.29, 0.717) is 68.7 Å². The molecular formula is C102H96F4N2Si.